The third-order valence-corrected chi connectivity index (χ3v) is 4.67. The quantitative estimate of drug-likeness (QED) is 0.714. The van der Waals surface area contributed by atoms with Crippen molar-refractivity contribution in [3.05, 3.63) is 64.1 Å². The molecule has 0 saturated carbocycles. The van der Waals surface area contributed by atoms with E-state index in [0.717, 1.165) is 12.1 Å². The monoisotopic (exact) mass is 375 g/mol. The van der Waals surface area contributed by atoms with E-state index in [4.69, 9.17) is 11.6 Å². The van der Waals surface area contributed by atoms with Crippen LogP contribution in [0, 0.1) is 12.7 Å². The summed E-state index contributed by atoms with van der Waals surface area (Å²) in [5.41, 5.74) is 1.24. The number of phenolic OH excluding ortho intramolecular Hbond substituents is 1. The van der Waals surface area contributed by atoms with Gasteiger partial charge in [0, 0.05) is 27.7 Å². The average molecular weight is 376 g/mol. The molecule has 0 bridgehead atoms. The van der Waals surface area contributed by atoms with Crippen molar-refractivity contribution in [1.29, 1.82) is 0 Å². The fraction of sp³-hybridized carbons (Fsp3) is 0.158. The average Bonchev–Trinajstić information content (AvgIpc) is 2.85. The van der Waals surface area contributed by atoms with Crippen LogP contribution in [-0.2, 0) is 4.79 Å². The number of halogens is 2. The zero-order chi connectivity index (χ0) is 19.2. The number of carbonyl (C=O) groups is 2. The Hall–Kier alpha value is -2.86. The number of carboxylic acids is 1. The van der Waals surface area contributed by atoms with Crippen molar-refractivity contribution in [3.8, 4) is 5.75 Å². The summed E-state index contributed by atoms with van der Waals surface area (Å²) in [5.74, 6) is -3.98. The molecule has 0 spiro atoms. The van der Waals surface area contributed by atoms with Crippen molar-refractivity contribution in [2.45, 2.75) is 19.8 Å². The zero-order valence-corrected chi connectivity index (χ0v) is 14.7. The summed E-state index contributed by atoms with van der Waals surface area (Å²) >= 11 is 5.85. The van der Waals surface area contributed by atoms with Gasteiger partial charge < -0.3 is 10.2 Å². The minimum Gasteiger partial charge on any atom is -0.505 e. The first-order chi connectivity index (χ1) is 12.2. The van der Waals surface area contributed by atoms with Gasteiger partial charge in [-0.15, -0.1) is 0 Å². The van der Waals surface area contributed by atoms with Crippen LogP contribution in [0.5, 0.6) is 5.75 Å². The van der Waals surface area contributed by atoms with Crippen LogP contribution in [0.15, 0.2) is 36.4 Å². The number of nitrogens with zero attached hydrogens (tertiary/aromatic N) is 1. The van der Waals surface area contributed by atoms with Gasteiger partial charge in [0.1, 0.15) is 0 Å². The smallest absolute Gasteiger partial charge is 0.310 e. The number of aromatic nitrogens is 1. The highest BCUT2D eigenvalue weighted by atomic mass is 35.5. The molecule has 0 saturated heterocycles. The van der Waals surface area contributed by atoms with Crippen LogP contribution in [0.3, 0.4) is 0 Å². The summed E-state index contributed by atoms with van der Waals surface area (Å²) < 4.78 is 15.2. The van der Waals surface area contributed by atoms with Crippen LogP contribution in [-0.4, -0.2) is 26.7 Å². The van der Waals surface area contributed by atoms with E-state index in [1.165, 1.54) is 23.6 Å². The van der Waals surface area contributed by atoms with Crippen molar-refractivity contribution in [1.82, 2.24) is 4.57 Å². The fourth-order valence-corrected chi connectivity index (χ4v) is 3.23. The van der Waals surface area contributed by atoms with E-state index in [1.54, 1.807) is 19.1 Å². The number of carbonyl (C=O) groups excluding carboxylic acids is 1. The van der Waals surface area contributed by atoms with Gasteiger partial charge in [0.25, 0.3) is 5.91 Å². The van der Waals surface area contributed by atoms with E-state index in [0.29, 0.717) is 27.2 Å². The highest BCUT2D eigenvalue weighted by Crippen LogP contribution is 2.35. The van der Waals surface area contributed by atoms with Crippen molar-refractivity contribution in [3.63, 3.8) is 0 Å². The number of hydrogen-bond donors (Lipinski definition) is 2. The molecule has 1 heterocycles. The Kier molecular flexibility index (Phi) is 4.46. The van der Waals surface area contributed by atoms with Gasteiger partial charge in [-0.25, -0.2) is 4.39 Å². The van der Waals surface area contributed by atoms with E-state index in [2.05, 4.69) is 0 Å². The summed E-state index contributed by atoms with van der Waals surface area (Å²) in [6.45, 7) is 3.07. The minimum atomic E-state index is -1.09. The van der Waals surface area contributed by atoms with Gasteiger partial charge in [0.15, 0.2) is 11.6 Å². The highest BCUT2D eigenvalue weighted by molar-refractivity contribution is 6.30. The third kappa shape index (κ3) is 2.82. The molecule has 5 nitrogen and oxygen atoms in total. The molecule has 3 aromatic rings. The predicted molar refractivity (Wildman–Crippen MR) is 95.5 cm³/mol. The lowest BCUT2D eigenvalue weighted by Gasteiger charge is -2.09. The topological polar surface area (TPSA) is 79.5 Å². The van der Waals surface area contributed by atoms with Gasteiger partial charge in [-0.3, -0.25) is 14.2 Å². The van der Waals surface area contributed by atoms with Gasteiger partial charge in [0.05, 0.1) is 11.4 Å². The SMILES string of the molecule is Cc1c([C@H](C)C(=O)O)c2cc(O)c(F)cc2n1C(=O)c1ccc(Cl)cc1. The Labute approximate surface area is 153 Å². The van der Waals surface area contributed by atoms with Crippen LogP contribution in [0.2, 0.25) is 5.02 Å². The Morgan fingerprint density at radius 3 is 2.38 bits per heavy atom. The Morgan fingerprint density at radius 2 is 1.81 bits per heavy atom. The molecular formula is C19H15ClFNO4. The third-order valence-electron chi connectivity index (χ3n) is 4.42. The molecule has 2 aromatic carbocycles. The number of aromatic hydroxyl groups is 1. The number of rotatable bonds is 3. The normalized spacial score (nSPS) is 12.3. The summed E-state index contributed by atoms with van der Waals surface area (Å²) in [7, 11) is 0. The molecule has 0 amide bonds. The maximum atomic E-state index is 13.9. The summed E-state index contributed by atoms with van der Waals surface area (Å²) in [5, 5.41) is 19.9. The summed E-state index contributed by atoms with van der Waals surface area (Å²) in [6.07, 6.45) is 0. The predicted octanol–water partition coefficient (Wildman–Crippen LogP) is 4.32. The molecule has 0 aliphatic heterocycles. The minimum absolute atomic E-state index is 0.195. The number of aliphatic carboxylic acids is 1. The van der Waals surface area contributed by atoms with E-state index in [9.17, 15) is 24.2 Å². The van der Waals surface area contributed by atoms with E-state index < -0.39 is 29.4 Å². The van der Waals surface area contributed by atoms with Crippen molar-refractivity contribution in [2.75, 3.05) is 0 Å². The lowest BCUT2D eigenvalue weighted by atomic mass is 9.98. The second-order valence-corrected chi connectivity index (χ2v) is 6.46. The molecule has 0 unspecified atom stereocenters. The van der Waals surface area contributed by atoms with Gasteiger partial charge in [-0.1, -0.05) is 11.6 Å². The first kappa shape index (κ1) is 17.9. The number of hydrogen-bond acceptors (Lipinski definition) is 3. The van der Waals surface area contributed by atoms with Crippen molar-refractivity contribution in [2.24, 2.45) is 0 Å². The van der Waals surface area contributed by atoms with Crippen LogP contribution >= 0.6 is 11.6 Å². The second-order valence-electron chi connectivity index (χ2n) is 6.03. The van der Waals surface area contributed by atoms with Gasteiger partial charge in [-0.05, 0) is 49.7 Å². The molecular weight excluding hydrogens is 361 g/mol. The molecule has 2 N–H and O–H groups in total. The molecule has 0 aliphatic carbocycles. The van der Waals surface area contributed by atoms with Crippen molar-refractivity contribution < 1.29 is 24.2 Å². The van der Waals surface area contributed by atoms with E-state index in [1.807, 2.05) is 0 Å². The molecule has 0 radical (unpaired) electrons. The maximum Gasteiger partial charge on any atom is 0.310 e. The fourth-order valence-electron chi connectivity index (χ4n) is 3.10. The van der Waals surface area contributed by atoms with Crippen LogP contribution < -0.4 is 0 Å². The number of phenols is 1. The van der Waals surface area contributed by atoms with E-state index in [-0.39, 0.29) is 5.52 Å². The Morgan fingerprint density at radius 1 is 1.19 bits per heavy atom. The van der Waals surface area contributed by atoms with Gasteiger partial charge in [0.2, 0.25) is 0 Å². The molecule has 7 heteroatoms. The molecule has 1 atom stereocenters. The standard InChI is InChI=1S/C19H15ClFNO4/c1-9(19(25)26)17-10(2)22(15-8-14(21)16(23)7-13(15)17)18(24)11-3-5-12(20)6-4-11/h3-9,23H,1-2H3,(H,25,26)/t9-/m0/s1. The van der Waals surface area contributed by atoms with Crippen LogP contribution in [0.1, 0.15) is 34.5 Å². The number of carboxylic acid groups (broad SMARTS) is 1. The number of fused-ring (bicyclic) bond motifs is 1. The summed E-state index contributed by atoms with van der Waals surface area (Å²) in [6, 6.07) is 8.37. The Balaban J connectivity index is 2.33. The molecule has 3 rings (SSSR count). The van der Waals surface area contributed by atoms with Gasteiger partial charge in [-0.2, -0.15) is 0 Å². The molecule has 0 fully saturated rings. The lowest BCUT2D eigenvalue weighted by Crippen LogP contribution is -2.15. The van der Waals surface area contributed by atoms with Crippen LogP contribution in [0.4, 0.5) is 4.39 Å². The molecule has 26 heavy (non-hydrogen) atoms. The Bertz CT molecular complexity index is 1040. The van der Waals surface area contributed by atoms with E-state index >= 15 is 0 Å². The zero-order valence-electron chi connectivity index (χ0n) is 14.0. The maximum absolute atomic E-state index is 13.9. The second kappa shape index (κ2) is 6.46. The molecule has 134 valence electrons. The number of benzene rings is 2. The first-order valence-corrected chi connectivity index (χ1v) is 8.16. The molecule has 0 aliphatic rings. The van der Waals surface area contributed by atoms with Crippen molar-refractivity contribution >= 4 is 34.4 Å². The summed E-state index contributed by atoms with van der Waals surface area (Å²) in [4.78, 5) is 24.5. The largest absolute Gasteiger partial charge is 0.505 e. The first-order valence-electron chi connectivity index (χ1n) is 7.79. The van der Waals surface area contributed by atoms with Gasteiger partial charge >= 0.3 is 5.97 Å². The lowest BCUT2D eigenvalue weighted by molar-refractivity contribution is -0.138. The van der Waals surface area contributed by atoms with Crippen LogP contribution in [0.25, 0.3) is 10.9 Å². The molecule has 1 aromatic heterocycles. The highest BCUT2D eigenvalue weighted by Gasteiger charge is 2.27.